The van der Waals surface area contributed by atoms with Gasteiger partial charge >= 0.3 is 6.18 Å². The van der Waals surface area contributed by atoms with Crippen LogP contribution in [0.25, 0.3) is 0 Å². The van der Waals surface area contributed by atoms with Crippen LogP contribution in [0.3, 0.4) is 0 Å². The molecule has 2 aromatic carbocycles. The van der Waals surface area contributed by atoms with E-state index in [1.54, 1.807) is 0 Å². The predicted molar refractivity (Wildman–Crippen MR) is 90.2 cm³/mol. The van der Waals surface area contributed by atoms with Crippen molar-refractivity contribution in [3.05, 3.63) is 71.3 Å². The molecule has 0 saturated heterocycles. The summed E-state index contributed by atoms with van der Waals surface area (Å²) in [6, 6.07) is 14.5. The summed E-state index contributed by atoms with van der Waals surface area (Å²) in [7, 11) is 0. The van der Waals surface area contributed by atoms with E-state index in [1.165, 1.54) is 12.1 Å². The quantitative estimate of drug-likeness (QED) is 0.352. The second-order valence-corrected chi connectivity index (χ2v) is 5.46. The van der Waals surface area contributed by atoms with Gasteiger partial charge in [-0.15, -0.1) is 17.7 Å². The third-order valence-corrected chi connectivity index (χ3v) is 3.40. The van der Waals surface area contributed by atoms with E-state index in [0.29, 0.717) is 17.0 Å². The Bertz CT molecular complexity index is 705. The van der Waals surface area contributed by atoms with Crippen molar-refractivity contribution in [3.63, 3.8) is 0 Å². The molecule has 0 N–H and O–H groups in total. The van der Waals surface area contributed by atoms with Crippen molar-refractivity contribution in [3.8, 4) is 0 Å². The molecule has 0 aliphatic heterocycles. The lowest BCUT2D eigenvalue weighted by Crippen LogP contribution is -2.05. The van der Waals surface area contributed by atoms with E-state index >= 15 is 0 Å². The number of thiol groups is 1. The molecule has 23 heavy (non-hydrogen) atoms. The molecule has 0 bridgehead atoms. The van der Waals surface area contributed by atoms with E-state index < -0.39 is 11.7 Å². The molecule has 0 heterocycles. The second-order valence-electron chi connectivity index (χ2n) is 4.94. The lowest BCUT2D eigenvalue weighted by atomic mass is 10.1. The van der Waals surface area contributed by atoms with Crippen molar-refractivity contribution in [1.82, 2.24) is 0 Å². The largest absolute Gasteiger partial charge is 0.416 e. The van der Waals surface area contributed by atoms with E-state index in [1.807, 2.05) is 37.3 Å². The van der Waals surface area contributed by atoms with Crippen LogP contribution in [-0.2, 0) is 12.6 Å². The zero-order valence-electron chi connectivity index (χ0n) is 12.4. The topological polar surface area (TPSA) is 24.7 Å². The lowest BCUT2D eigenvalue weighted by molar-refractivity contribution is -0.137. The molecule has 6 heteroatoms. The first-order valence-electron chi connectivity index (χ1n) is 6.88. The Labute approximate surface area is 138 Å². The molecule has 2 nitrogen and oxygen atoms in total. The van der Waals surface area contributed by atoms with E-state index in [2.05, 4.69) is 22.8 Å². The first kappa shape index (κ1) is 17.3. The molecule has 0 saturated carbocycles. The molecule has 120 valence electrons. The number of nitrogens with zero attached hydrogens (tertiary/aromatic N) is 2. The van der Waals surface area contributed by atoms with Crippen molar-refractivity contribution < 1.29 is 13.2 Å². The fourth-order valence-electron chi connectivity index (χ4n) is 1.90. The minimum absolute atomic E-state index is 0.326. The molecule has 0 unspecified atom stereocenters. The van der Waals surface area contributed by atoms with Crippen molar-refractivity contribution in [2.45, 2.75) is 19.5 Å². The monoisotopic (exact) mass is 336 g/mol. The van der Waals surface area contributed by atoms with Crippen LogP contribution >= 0.6 is 12.6 Å². The number of alkyl halides is 3. The Balaban J connectivity index is 2.05. The van der Waals surface area contributed by atoms with Gasteiger partial charge in [-0.25, -0.2) is 0 Å². The number of hydrogen-bond donors (Lipinski definition) is 1. The van der Waals surface area contributed by atoms with Crippen LogP contribution in [0.15, 0.2) is 64.8 Å². The van der Waals surface area contributed by atoms with Gasteiger partial charge in [-0.3, -0.25) is 0 Å². The molecule has 0 atom stereocenters. The second kappa shape index (κ2) is 7.46. The summed E-state index contributed by atoms with van der Waals surface area (Å²) in [5.41, 5.74) is 1.72. The predicted octanol–water partition coefficient (Wildman–Crippen LogP) is 5.00. The van der Waals surface area contributed by atoms with Gasteiger partial charge < -0.3 is 0 Å². The number of benzene rings is 2. The lowest BCUT2D eigenvalue weighted by Gasteiger charge is -2.07. The summed E-state index contributed by atoms with van der Waals surface area (Å²) in [6.45, 7) is 1.83. The zero-order chi connectivity index (χ0) is 16.9. The number of hydrogen-bond acceptors (Lipinski definition) is 2. The summed E-state index contributed by atoms with van der Waals surface area (Å²) in [4.78, 5) is 0. The Kier molecular flexibility index (Phi) is 5.60. The standard InChI is InChI=1S/C17H15F3N2S/c1-12(14-5-3-2-4-6-14)21-22-16(23)11-13-7-9-15(10-8-13)17(18,19)20/h2-10H,11H2,1H3,(H,22,23). The first-order chi connectivity index (χ1) is 10.9. The normalized spacial score (nSPS) is 13.3. The highest BCUT2D eigenvalue weighted by molar-refractivity contribution is 7.97. The molecular formula is C17H15F3N2S. The van der Waals surface area contributed by atoms with Crippen LogP contribution in [0.5, 0.6) is 0 Å². The Morgan fingerprint density at radius 3 is 2.13 bits per heavy atom. The maximum absolute atomic E-state index is 12.5. The Hall–Kier alpha value is -2.08. The van der Waals surface area contributed by atoms with Crippen molar-refractivity contribution in [2.24, 2.45) is 10.2 Å². The fourth-order valence-corrected chi connectivity index (χ4v) is 2.13. The van der Waals surface area contributed by atoms with Gasteiger partial charge in [0.25, 0.3) is 0 Å². The van der Waals surface area contributed by atoms with Gasteiger partial charge in [0.2, 0.25) is 0 Å². The van der Waals surface area contributed by atoms with Gasteiger partial charge in [0.15, 0.2) is 0 Å². The molecule has 2 rings (SSSR count). The highest BCUT2D eigenvalue weighted by Crippen LogP contribution is 2.29. The maximum atomic E-state index is 12.5. The minimum Gasteiger partial charge on any atom is -0.166 e. The molecule has 0 spiro atoms. The molecule has 0 fully saturated rings. The van der Waals surface area contributed by atoms with Crippen LogP contribution in [0.1, 0.15) is 23.6 Å². The van der Waals surface area contributed by atoms with E-state index in [-0.39, 0.29) is 0 Å². The van der Waals surface area contributed by atoms with Crippen molar-refractivity contribution >= 4 is 23.4 Å². The third kappa shape index (κ3) is 5.25. The third-order valence-electron chi connectivity index (χ3n) is 3.15. The van der Waals surface area contributed by atoms with Crippen LogP contribution < -0.4 is 0 Å². The van der Waals surface area contributed by atoms with Gasteiger partial charge in [0.05, 0.1) is 16.3 Å². The average Bonchev–Trinajstić information content (AvgIpc) is 2.53. The van der Waals surface area contributed by atoms with Crippen LogP contribution in [0.4, 0.5) is 13.2 Å². The van der Waals surface area contributed by atoms with Crippen molar-refractivity contribution in [2.75, 3.05) is 0 Å². The van der Waals surface area contributed by atoms with Crippen LogP contribution in [-0.4, -0.2) is 10.8 Å². The maximum Gasteiger partial charge on any atom is 0.416 e. The number of rotatable bonds is 4. The SMILES string of the molecule is CC(=NN=C(S)Cc1ccc(C(F)(F)F)cc1)c1ccccc1. The van der Waals surface area contributed by atoms with E-state index in [9.17, 15) is 13.2 Å². The van der Waals surface area contributed by atoms with Crippen molar-refractivity contribution in [1.29, 1.82) is 0 Å². The Morgan fingerprint density at radius 1 is 0.957 bits per heavy atom. The molecule has 0 aliphatic carbocycles. The molecule has 0 radical (unpaired) electrons. The summed E-state index contributed by atoms with van der Waals surface area (Å²) < 4.78 is 37.5. The van der Waals surface area contributed by atoms with Gasteiger partial charge in [-0.05, 0) is 30.2 Å². The summed E-state index contributed by atoms with van der Waals surface area (Å²) in [6.07, 6.45) is -4.00. The molecular weight excluding hydrogens is 321 g/mol. The van der Waals surface area contributed by atoms with Gasteiger partial charge in [-0.1, -0.05) is 42.5 Å². The van der Waals surface area contributed by atoms with E-state index in [0.717, 1.165) is 23.4 Å². The van der Waals surface area contributed by atoms with Gasteiger partial charge in [0.1, 0.15) is 0 Å². The number of halogens is 3. The summed E-state index contributed by atoms with van der Waals surface area (Å²) in [5.74, 6) is 0. The molecule has 0 amide bonds. The van der Waals surface area contributed by atoms with Crippen LogP contribution in [0, 0.1) is 0 Å². The molecule has 2 aromatic rings. The Morgan fingerprint density at radius 2 is 1.57 bits per heavy atom. The highest BCUT2D eigenvalue weighted by Gasteiger charge is 2.29. The summed E-state index contributed by atoms with van der Waals surface area (Å²) >= 11 is 4.23. The first-order valence-corrected chi connectivity index (χ1v) is 7.32. The van der Waals surface area contributed by atoms with E-state index in [4.69, 9.17) is 0 Å². The highest BCUT2D eigenvalue weighted by atomic mass is 32.1. The van der Waals surface area contributed by atoms with Crippen LogP contribution in [0.2, 0.25) is 0 Å². The molecule has 0 aliphatic rings. The minimum atomic E-state index is -4.33. The zero-order valence-corrected chi connectivity index (χ0v) is 13.3. The molecule has 0 aromatic heterocycles. The summed E-state index contributed by atoms with van der Waals surface area (Å²) in [5, 5.41) is 8.54. The van der Waals surface area contributed by atoms with Gasteiger partial charge in [-0.2, -0.15) is 18.3 Å². The fraction of sp³-hybridized carbons (Fsp3) is 0.176. The van der Waals surface area contributed by atoms with Gasteiger partial charge in [0, 0.05) is 6.42 Å². The average molecular weight is 336 g/mol. The smallest absolute Gasteiger partial charge is 0.166 e.